The molecule has 3 aromatic heterocycles. The smallest absolute Gasteiger partial charge is 0.214 e. The summed E-state index contributed by atoms with van der Waals surface area (Å²) in [4.78, 5) is 12.7. The van der Waals surface area contributed by atoms with Crippen LogP contribution in [0.1, 0.15) is 23.0 Å². The van der Waals surface area contributed by atoms with Crippen molar-refractivity contribution < 1.29 is 17.6 Å². The van der Waals surface area contributed by atoms with E-state index >= 15 is 0 Å². The first-order valence-corrected chi connectivity index (χ1v) is 8.46. The van der Waals surface area contributed by atoms with E-state index in [-0.39, 0.29) is 39.6 Å². The summed E-state index contributed by atoms with van der Waals surface area (Å²) in [7, 11) is 0. The minimum Gasteiger partial charge on any atom is -0.480 e. The number of aromatic nitrogens is 7. The van der Waals surface area contributed by atoms with Crippen molar-refractivity contribution in [2.24, 2.45) is 6.98 Å². The average molecular weight is 422 g/mol. The first-order valence-electron chi connectivity index (χ1n) is 9.58. The lowest BCUT2D eigenvalue weighted by atomic mass is 10.1. The first-order chi connectivity index (χ1) is 15.1. The number of nitrogens with zero attached hydrogens (tertiary/aromatic N) is 7. The van der Waals surface area contributed by atoms with Gasteiger partial charge in [0.15, 0.2) is 17.7 Å². The molecular weight excluding hydrogens is 406 g/mol. The Bertz CT molecular complexity index is 1330. The van der Waals surface area contributed by atoms with E-state index in [0.29, 0.717) is 4.80 Å². The third-order valence-electron chi connectivity index (χ3n) is 4.04. The Morgan fingerprint density at radius 2 is 2.10 bits per heavy atom. The van der Waals surface area contributed by atoms with E-state index in [1.807, 2.05) is 0 Å². The standard InChI is InChI=1S/C17H13ClF2N8O/c1-7(17-25-27-28(2)26-17)29-10-5-22-14(15-11(10)16(21)24-6-23-15)8-3-4-9(19)12(18)13(8)20/h3-7H,1-2H3,(H2,21,23,24)/i2D3. The summed E-state index contributed by atoms with van der Waals surface area (Å²) < 4.78 is 56.0. The average Bonchev–Trinajstić information content (AvgIpc) is 3.24. The molecule has 0 radical (unpaired) electrons. The van der Waals surface area contributed by atoms with Crippen LogP contribution >= 0.6 is 11.6 Å². The number of rotatable bonds is 4. The van der Waals surface area contributed by atoms with E-state index in [4.69, 9.17) is 26.2 Å². The van der Waals surface area contributed by atoms with Gasteiger partial charge in [-0.05, 0) is 24.3 Å². The van der Waals surface area contributed by atoms with Crippen molar-refractivity contribution in [1.29, 1.82) is 0 Å². The molecule has 0 aliphatic carbocycles. The van der Waals surface area contributed by atoms with Crippen LogP contribution in [0.25, 0.3) is 22.2 Å². The Labute approximate surface area is 171 Å². The molecule has 0 spiro atoms. The van der Waals surface area contributed by atoms with Crippen LogP contribution in [0, 0.1) is 11.6 Å². The van der Waals surface area contributed by atoms with Crippen molar-refractivity contribution in [3.8, 4) is 17.0 Å². The molecule has 0 fully saturated rings. The van der Waals surface area contributed by atoms with Gasteiger partial charge in [0, 0.05) is 9.68 Å². The summed E-state index contributed by atoms with van der Waals surface area (Å²) in [6.07, 6.45) is 1.54. The number of halogens is 3. The van der Waals surface area contributed by atoms with Gasteiger partial charge in [0.25, 0.3) is 0 Å². The number of ether oxygens (including phenoxy) is 1. The van der Waals surface area contributed by atoms with Gasteiger partial charge in [-0.1, -0.05) is 11.6 Å². The molecule has 0 bridgehead atoms. The molecule has 0 saturated carbocycles. The van der Waals surface area contributed by atoms with E-state index in [9.17, 15) is 8.78 Å². The maximum absolute atomic E-state index is 14.6. The summed E-state index contributed by atoms with van der Waals surface area (Å²) in [5.41, 5.74) is 6.08. The molecule has 0 amide bonds. The van der Waals surface area contributed by atoms with Crippen LogP contribution < -0.4 is 10.5 Å². The fourth-order valence-corrected chi connectivity index (χ4v) is 2.86. The zero-order chi connectivity index (χ0) is 23.2. The number of nitrogen functional groups attached to an aromatic ring is 1. The monoisotopic (exact) mass is 421 g/mol. The minimum atomic E-state index is -2.60. The van der Waals surface area contributed by atoms with Crippen molar-refractivity contribution in [2.45, 2.75) is 13.0 Å². The van der Waals surface area contributed by atoms with Crippen molar-refractivity contribution in [2.75, 3.05) is 5.73 Å². The van der Waals surface area contributed by atoms with E-state index in [0.717, 1.165) is 12.4 Å². The third kappa shape index (κ3) is 3.29. The van der Waals surface area contributed by atoms with E-state index < -0.39 is 29.7 Å². The van der Waals surface area contributed by atoms with Gasteiger partial charge in [-0.15, -0.1) is 10.2 Å². The Hall–Kier alpha value is -3.47. The molecule has 12 heteroatoms. The normalized spacial score (nSPS) is 14.3. The highest BCUT2D eigenvalue weighted by atomic mass is 35.5. The number of nitrogens with two attached hydrogens (primary N) is 1. The second-order valence-electron chi connectivity index (χ2n) is 5.87. The predicted octanol–water partition coefficient (Wildman–Crippen LogP) is 2.87. The van der Waals surface area contributed by atoms with Crippen LogP contribution in [0.4, 0.5) is 14.6 Å². The molecule has 2 N–H and O–H groups in total. The Morgan fingerprint density at radius 3 is 2.86 bits per heavy atom. The summed E-state index contributed by atoms with van der Waals surface area (Å²) in [5.74, 6) is -1.82. The number of hydrogen-bond acceptors (Lipinski definition) is 8. The molecule has 148 valence electrons. The maximum Gasteiger partial charge on any atom is 0.214 e. The Balaban J connectivity index is 1.79. The van der Waals surface area contributed by atoms with Crippen LogP contribution in [-0.4, -0.2) is 35.2 Å². The van der Waals surface area contributed by atoms with Gasteiger partial charge >= 0.3 is 0 Å². The highest BCUT2D eigenvalue weighted by Gasteiger charge is 2.22. The summed E-state index contributed by atoms with van der Waals surface area (Å²) in [6.45, 7) is -1.04. The van der Waals surface area contributed by atoms with Crippen molar-refractivity contribution >= 4 is 28.3 Å². The topological polar surface area (TPSA) is 118 Å². The van der Waals surface area contributed by atoms with E-state index in [2.05, 4.69) is 30.4 Å². The van der Waals surface area contributed by atoms with E-state index in [1.54, 1.807) is 6.92 Å². The molecule has 1 unspecified atom stereocenters. The van der Waals surface area contributed by atoms with Crippen molar-refractivity contribution in [1.82, 2.24) is 35.2 Å². The zero-order valence-electron chi connectivity index (χ0n) is 17.6. The highest BCUT2D eigenvalue weighted by molar-refractivity contribution is 6.31. The number of benzene rings is 1. The molecule has 0 aliphatic rings. The van der Waals surface area contributed by atoms with Gasteiger partial charge in [-0.25, -0.2) is 23.7 Å². The van der Waals surface area contributed by atoms with Crippen LogP contribution in [0.2, 0.25) is 5.02 Å². The number of tetrazole rings is 1. The summed E-state index contributed by atoms with van der Waals surface area (Å²) in [5, 5.41) is 10.5. The van der Waals surface area contributed by atoms with E-state index in [1.165, 1.54) is 12.3 Å². The lowest BCUT2D eigenvalue weighted by Gasteiger charge is -2.15. The van der Waals surface area contributed by atoms with Gasteiger partial charge in [-0.3, -0.25) is 0 Å². The van der Waals surface area contributed by atoms with Crippen molar-refractivity contribution in [3.05, 3.63) is 47.1 Å². The second-order valence-corrected chi connectivity index (χ2v) is 6.25. The van der Waals surface area contributed by atoms with Crippen LogP contribution in [0.5, 0.6) is 5.75 Å². The largest absolute Gasteiger partial charge is 0.480 e. The van der Waals surface area contributed by atoms with Gasteiger partial charge in [0.1, 0.15) is 28.5 Å². The molecule has 29 heavy (non-hydrogen) atoms. The minimum absolute atomic E-state index is 0.00794. The van der Waals surface area contributed by atoms with Gasteiger partial charge in [-0.2, -0.15) is 4.80 Å². The van der Waals surface area contributed by atoms with Crippen molar-refractivity contribution in [3.63, 3.8) is 0 Å². The first kappa shape index (κ1) is 15.5. The highest BCUT2D eigenvalue weighted by Crippen LogP contribution is 2.37. The molecular formula is C17H13ClF2N8O. The number of fused-ring (bicyclic) bond motifs is 1. The maximum atomic E-state index is 14.6. The predicted molar refractivity (Wildman–Crippen MR) is 99.9 cm³/mol. The molecule has 4 rings (SSSR count). The quantitative estimate of drug-likeness (QED) is 0.500. The number of anilines is 1. The molecule has 0 saturated heterocycles. The van der Waals surface area contributed by atoms with Gasteiger partial charge < -0.3 is 10.5 Å². The molecule has 4 aromatic rings. The molecule has 3 heterocycles. The molecule has 9 nitrogen and oxygen atoms in total. The summed E-state index contributed by atoms with van der Waals surface area (Å²) in [6, 6.07) is 2.18. The number of hydrogen-bond donors (Lipinski definition) is 1. The molecule has 1 atom stereocenters. The van der Waals surface area contributed by atoms with Gasteiger partial charge in [0.2, 0.25) is 5.82 Å². The number of pyridine rings is 1. The fraction of sp³-hybridized carbons (Fsp3) is 0.176. The fourth-order valence-electron chi connectivity index (χ4n) is 2.70. The third-order valence-corrected chi connectivity index (χ3v) is 4.39. The summed E-state index contributed by atoms with van der Waals surface area (Å²) >= 11 is 5.70. The Morgan fingerprint density at radius 1 is 1.28 bits per heavy atom. The molecule has 1 aromatic carbocycles. The Kier molecular flexibility index (Phi) is 3.82. The van der Waals surface area contributed by atoms with Gasteiger partial charge in [0.05, 0.1) is 24.3 Å². The SMILES string of the molecule is [2H]C([2H])([2H])n1nnc(C(C)Oc2cnc(-c3ccc(F)c(Cl)c3F)c3ncnc(N)c23)n1. The zero-order valence-corrected chi connectivity index (χ0v) is 15.4. The van der Waals surface area contributed by atoms with Crippen LogP contribution in [0.15, 0.2) is 24.7 Å². The lowest BCUT2D eigenvalue weighted by Crippen LogP contribution is -2.08. The van der Waals surface area contributed by atoms with Crippen LogP contribution in [-0.2, 0) is 6.98 Å². The van der Waals surface area contributed by atoms with Crippen LogP contribution in [0.3, 0.4) is 0 Å². The second kappa shape index (κ2) is 7.17. The molecule has 0 aliphatic heterocycles. The number of aryl methyl sites for hydroxylation is 1. The lowest BCUT2D eigenvalue weighted by molar-refractivity contribution is 0.218.